The Kier molecular flexibility index (Phi) is 6.70. The summed E-state index contributed by atoms with van der Waals surface area (Å²) < 4.78 is 27.2. The Morgan fingerprint density at radius 2 is 1.60 bits per heavy atom. The molecule has 3 aromatic rings. The third-order valence-electron chi connectivity index (χ3n) is 4.95. The Bertz CT molecular complexity index is 1120. The van der Waals surface area contributed by atoms with Crippen LogP contribution in [0.1, 0.15) is 34.0 Å². The molecular weight excluding hydrogens is 396 g/mol. The predicted molar refractivity (Wildman–Crippen MR) is 120 cm³/mol. The van der Waals surface area contributed by atoms with Crippen LogP contribution in [0.5, 0.6) is 0 Å². The lowest BCUT2D eigenvalue weighted by Crippen LogP contribution is -2.30. The third-order valence-corrected chi connectivity index (χ3v) is 6.89. The number of carbonyl (C=O) groups excluding carboxylic acids is 1. The molecule has 0 aliphatic rings. The maximum Gasteiger partial charge on any atom is 0.255 e. The summed E-state index contributed by atoms with van der Waals surface area (Å²) in [5, 5.41) is 2.94. The number of amides is 1. The van der Waals surface area contributed by atoms with Crippen LogP contribution in [0.15, 0.2) is 77.7 Å². The summed E-state index contributed by atoms with van der Waals surface area (Å²) in [6.07, 6.45) is 0. The largest absolute Gasteiger partial charge is 0.322 e. The van der Waals surface area contributed by atoms with E-state index in [0.717, 1.165) is 22.4 Å². The highest BCUT2D eigenvalue weighted by Gasteiger charge is 2.23. The number of nitrogens with zero attached hydrogens (tertiary/aromatic N) is 1. The smallest absolute Gasteiger partial charge is 0.255 e. The SMILES string of the molecule is CCN(Cc1ccc(C(=O)Nc2cc(C)ccc2C)cc1)S(=O)(=O)c1ccccc1. The Labute approximate surface area is 178 Å². The minimum Gasteiger partial charge on any atom is -0.322 e. The van der Waals surface area contributed by atoms with E-state index in [1.807, 2.05) is 39.0 Å². The van der Waals surface area contributed by atoms with E-state index in [9.17, 15) is 13.2 Å². The first-order valence-electron chi connectivity index (χ1n) is 9.84. The van der Waals surface area contributed by atoms with Crippen LogP contribution in [0.25, 0.3) is 0 Å². The molecular formula is C24H26N2O3S. The third kappa shape index (κ3) is 4.96. The second kappa shape index (κ2) is 9.24. The molecule has 0 spiro atoms. The molecule has 0 aliphatic heterocycles. The molecule has 0 unspecified atom stereocenters. The van der Waals surface area contributed by atoms with Gasteiger partial charge in [-0.3, -0.25) is 4.79 Å². The van der Waals surface area contributed by atoms with Gasteiger partial charge in [0.2, 0.25) is 10.0 Å². The van der Waals surface area contributed by atoms with Gasteiger partial charge in [0.05, 0.1) is 4.90 Å². The molecule has 0 radical (unpaired) electrons. The minimum absolute atomic E-state index is 0.195. The fourth-order valence-corrected chi connectivity index (χ4v) is 4.60. The molecule has 0 atom stereocenters. The van der Waals surface area contributed by atoms with Gasteiger partial charge in [0.1, 0.15) is 0 Å². The van der Waals surface area contributed by atoms with Crippen molar-refractivity contribution in [2.45, 2.75) is 32.2 Å². The van der Waals surface area contributed by atoms with Crippen molar-refractivity contribution in [2.75, 3.05) is 11.9 Å². The Morgan fingerprint density at radius 3 is 2.23 bits per heavy atom. The van der Waals surface area contributed by atoms with Gasteiger partial charge < -0.3 is 5.32 Å². The van der Waals surface area contributed by atoms with Crippen molar-refractivity contribution in [2.24, 2.45) is 0 Å². The molecule has 156 valence electrons. The van der Waals surface area contributed by atoms with Gasteiger partial charge in [-0.2, -0.15) is 4.31 Å². The van der Waals surface area contributed by atoms with E-state index in [2.05, 4.69) is 5.32 Å². The average molecular weight is 423 g/mol. The molecule has 5 nitrogen and oxygen atoms in total. The van der Waals surface area contributed by atoms with E-state index in [0.29, 0.717) is 12.1 Å². The Hall–Kier alpha value is -2.96. The molecule has 3 aromatic carbocycles. The van der Waals surface area contributed by atoms with Gasteiger partial charge in [-0.25, -0.2) is 8.42 Å². The number of benzene rings is 3. The number of hydrogen-bond donors (Lipinski definition) is 1. The van der Waals surface area contributed by atoms with Crippen molar-refractivity contribution in [1.29, 1.82) is 0 Å². The first-order chi connectivity index (χ1) is 14.3. The molecule has 0 fully saturated rings. The topological polar surface area (TPSA) is 66.5 Å². The first kappa shape index (κ1) is 21.7. The van der Waals surface area contributed by atoms with Gasteiger partial charge in [0, 0.05) is 24.3 Å². The number of carbonyl (C=O) groups is 1. The van der Waals surface area contributed by atoms with Gasteiger partial charge in [0.15, 0.2) is 0 Å². The summed E-state index contributed by atoms with van der Waals surface area (Å²) in [7, 11) is -3.57. The zero-order chi connectivity index (χ0) is 21.7. The summed E-state index contributed by atoms with van der Waals surface area (Å²) in [4.78, 5) is 12.9. The molecule has 0 aliphatic carbocycles. The van der Waals surface area contributed by atoms with Gasteiger partial charge >= 0.3 is 0 Å². The lowest BCUT2D eigenvalue weighted by molar-refractivity contribution is 0.102. The maximum atomic E-state index is 12.9. The number of aryl methyl sites for hydroxylation is 2. The molecule has 0 saturated carbocycles. The molecule has 0 heterocycles. The Balaban J connectivity index is 1.73. The van der Waals surface area contributed by atoms with Gasteiger partial charge in [-0.05, 0) is 60.9 Å². The average Bonchev–Trinajstić information content (AvgIpc) is 2.75. The number of sulfonamides is 1. The highest BCUT2D eigenvalue weighted by molar-refractivity contribution is 7.89. The standard InChI is InChI=1S/C24H26N2O3S/c1-4-26(30(28,29)22-8-6-5-7-9-22)17-20-12-14-21(15-13-20)24(27)25-23-16-18(2)10-11-19(23)3/h5-16H,4,17H2,1-3H3,(H,25,27). The summed E-state index contributed by atoms with van der Waals surface area (Å²) >= 11 is 0. The second-order valence-corrected chi connectivity index (χ2v) is 9.15. The number of nitrogens with one attached hydrogen (secondary N) is 1. The number of hydrogen-bond acceptors (Lipinski definition) is 3. The van der Waals surface area contributed by atoms with Crippen LogP contribution in [0, 0.1) is 13.8 Å². The summed E-state index contributed by atoms with van der Waals surface area (Å²) in [5.41, 5.74) is 4.20. The van der Waals surface area contributed by atoms with Gasteiger partial charge in [0.25, 0.3) is 5.91 Å². The summed E-state index contributed by atoms with van der Waals surface area (Å²) in [6, 6.07) is 21.3. The molecule has 1 amide bonds. The van der Waals surface area contributed by atoms with E-state index >= 15 is 0 Å². The second-order valence-electron chi connectivity index (χ2n) is 7.21. The van der Waals surface area contributed by atoms with Crippen molar-refractivity contribution in [3.63, 3.8) is 0 Å². The minimum atomic E-state index is -3.57. The van der Waals surface area contributed by atoms with Crippen LogP contribution in [-0.4, -0.2) is 25.2 Å². The zero-order valence-electron chi connectivity index (χ0n) is 17.4. The van der Waals surface area contributed by atoms with E-state index in [1.165, 1.54) is 4.31 Å². The lowest BCUT2D eigenvalue weighted by Gasteiger charge is -2.20. The molecule has 0 saturated heterocycles. The molecule has 30 heavy (non-hydrogen) atoms. The zero-order valence-corrected chi connectivity index (χ0v) is 18.2. The first-order valence-corrected chi connectivity index (χ1v) is 11.3. The number of rotatable bonds is 7. The van der Waals surface area contributed by atoms with E-state index in [1.54, 1.807) is 54.6 Å². The molecule has 3 rings (SSSR count). The van der Waals surface area contributed by atoms with Crippen LogP contribution in [0.3, 0.4) is 0 Å². The summed E-state index contributed by atoms with van der Waals surface area (Å²) in [6.45, 7) is 6.34. The fourth-order valence-electron chi connectivity index (χ4n) is 3.14. The highest BCUT2D eigenvalue weighted by atomic mass is 32.2. The highest BCUT2D eigenvalue weighted by Crippen LogP contribution is 2.20. The van der Waals surface area contributed by atoms with Crippen molar-refractivity contribution >= 4 is 21.6 Å². The van der Waals surface area contributed by atoms with E-state index in [-0.39, 0.29) is 17.3 Å². The maximum absolute atomic E-state index is 12.9. The molecule has 0 aromatic heterocycles. The van der Waals surface area contributed by atoms with Gasteiger partial charge in [-0.15, -0.1) is 0 Å². The quantitative estimate of drug-likeness (QED) is 0.597. The van der Waals surface area contributed by atoms with Crippen molar-refractivity contribution < 1.29 is 13.2 Å². The van der Waals surface area contributed by atoms with Crippen molar-refractivity contribution in [3.05, 3.63) is 95.1 Å². The predicted octanol–water partition coefficient (Wildman–Crippen LogP) is 4.77. The normalized spacial score (nSPS) is 11.5. The lowest BCUT2D eigenvalue weighted by atomic mass is 10.1. The van der Waals surface area contributed by atoms with Crippen LogP contribution in [0.2, 0.25) is 0 Å². The number of anilines is 1. The summed E-state index contributed by atoms with van der Waals surface area (Å²) in [5.74, 6) is -0.195. The van der Waals surface area contributed by atoms with Crippen LogP contribution >= 0.6 is 0 Å². The molecule has 6 heteroatoms. The van der Waals surface area contributed by atoms with Crippen LogP contribution in [-0.2, 0) is 16.6 Å². The van der Waals surface area contributed by atoms with Crippen LogP contribution < -0.4 is 5.32 Å². The van der Waals surface area contributed by atoms with Crippen LogP contribution in [0.4, 0.5) is 5.69 Å². The van der Waals surface area contributed by atoms with E-state index in [4.69, 9.17) is 0 Å². The van der Waals surface area contributed by atoms with E-state index < -0.39 is 10.0 Å². The Morgan fingerprint density at radius 1 is 0.933 bits per heavy atom. The molecule has 0 bridgehead atoms. The van der Waals surface area contributed by atoms with Gasteiger partial charge in [-0.1, -0.05) is 49.4 Å². The molecule has 1 N–H and O–H groups in total. The van der Waals surface area contributed by atoms with Crippen molar-refractivity contribution in [1.82, 2.24) is 4.31 Å². The monoisotopic (exact) mass is 422 g/mol. The van der Waals surface area contributed by atoms with Crippen molar-refractivity contribution in [3.8, 4) is 0 Å². The fraction of sp³-hybridized carbons (Fsp3) is 0.208.